The number of nitrogens with zero attached hydrogens (tertiary/aromatic N) is 4. The maximum atomic E-state index is 9.40. The molecule has 0 aliphatic heterocycles. The summed E-state index contributed by atoms with van der Waals surface area (Å²) < 4.78 is 3.29. The standard InChI is InChI=1S/C24H17N5S/c25-13-17-7-1-2-8-18(17)15-29-16-19(20-9-3-5-11-22(20)29)14-26-28-24-27-21-10-4-6-12-23(21)30-24/h1-12,14,16H,15H2,(H,27,28). The van der Waals surface area contributed by atoms with Crippen LogP contribution in [0.4, 0.5) is 5.13 Å². The van der Waals surface area contributed by atoms with E-state index in [0.29, 0.717) is 12.1 Å². The summed E-state index contributed by atoms with van der Waals surface area (Å²) in [6.07, 6.45) is 3.89. The van der Waals surface area contributed by atoms with E-state index in [1.54, 1.807) is 11.3 Å². The summed E-state index contributed by atoms with van der Waals surface area (Å²) in [5.41, 5.74) is 7.82. The quantitative estimate of drug-likeness (QED) is 0.304. The van der Waals surface area contributed by atoms with E-state index in [2.05, 4.69) is 50.5 Å². The van der Waals surface area contributed by atoms with Gasteiger partial charge in [0.1, 0.15) is 0 Å². The Labute approximate surface area is 177 Å². The van der Waals surface area contributed by atoms with Crippen molar-refractivity contribution >= 4 is 43.8 Å². The van der Waals surface area contributed by atoms with Crippen LogP contribution in [0.1, 0.15) is 16.7 Å². The molecule has 1 N–H and O–H groups in total. The molecule has 0 aliphatic carbocycles. The molecule has 0 atom stereocenters. The largest absolute Gasteiger partial charge is 0.342 e. The van der Waals surface area contributed by atoms with Crippen LogP contribution >= 0.6 is 11.3 Å². The highest BCUT2D eigenvalue weighted by atomic mass is 32.1. The van der Waals surface area contributed by atoms with Gasteiger partial charge in [0.2, 0.25) is 5.13 Å². The summed E-state index contributed by atoms with van der Waals surface area (Å²) in [7, 11) is 0. The van der Waals surface area contributed by atoms with Gasteiger partial charge >= 0.3 is 0 Å². The van der Waals surface area contributed by atoms with Crippen molar-refractivity contribution in [1.82, 2.24) is 9.55 Å². The molecule has 0 fully saturated rings. The Balaban J connectivity index is 1.44. The third-order valence-corrected chi connectivity index (χ3v) is 5.90. The molecule has 0 aliphatic rings. The molecule has 0 unspecified atom stereocenters. The van der Waals surface area contributed by atoms with Crippen LogP contribution in [-0.2, 0) is 6.54 Å². The van der Waals surface area contributed by atoms with Gasteiger partial charge in [-0.3, -0.25) is 5.43 Å². The number of benzene rings is 3. The molecule has 0 amide bonds. The topological polar surface area (TPSA) is 66.0 Å². The first-order valence-electron chi connectivity index (χ1n) is 9.52. The fraction of sp³-hybridized carbons (Fsp3) is 0.0417. The molecule has 30 heavy (non-hydrogen) atoms. The third-order valence-electron chi connectivity index (χ3n) is 4.96. The molecule has 5 nitrogen and oxygen atoms in total. The predicted octanol–water partition coefficient (Wildman–Crippen LogP) is 5.62. The fourth-order valence-electron chi connectivity index (χ4n) is 3.54. The lowest BCUT2D eigenvalue weighted by atomic mass is 10.1. The van der Waals surface area contributed by atoms with Gasteiger partial charge in [-0.25, -0.2) is 4.98 Å². The van der Waals surface area contributed by atoms with E-state index in [1.807, 2.05) is 60.8 Å². The highest BCUT2D eigenvalue weighted by molar-refractivity contribution is 7.22. The van der Waals surface area contributed by atoms with Gasteiger partial charge in [0.25, 0.3) is 0 Å². The first-order chi connectivity index (χ1) is 14.8. The zero-order valence-electron chi connectivity index (χ0n) is 16.0. The highest BCUT2D eigenvalue weighted by Gasteiger charge is 2.09. The summed E-state index contributed by atoms with van der Waals surface area (Å²) in [6.45, 7) is 0.628. The first kappa shape index (κ1) is 18.1. The summed E-state index contributed by atoms with van der Waals surface area (Å²) >= 11 is 1.58. The Bertz CT molecular complexity index is 1390. The number of aromatic nitrogens is 2. The van der Waals surface area contributed by atoms with Gasteiger partial charge in [-0.1, -0.05) is 59.9 Å². The van der Waals surface area contributed by atoms with E-state index in [9.17, 15) is 5.26 Å². The second-order valence-electron chi connectivity index (χ2n) is 6.86. The van der Waals surface area contributed by atoms with Crippen molar-refractivity contribution in [2.75, 3.05) is 5.43 Å². The van der Waals surface area contributed by atoms with Gasteiger partial charge < -0.3 is 4.57 Å². The van der Waals surface area contributed by atoms with Crippen LogP contribution < -0.4 is 5.43 Å². The van der Waals surface area contributed by atoms with Crippen molar-refractivity contribution in [3.8, 4) is 6.07 Å². The van der Waals surface area contributed by atoms with Crippen molar-refractivity contribution < 1.29 is 0 Å². The summed E-state index contributed by atoms with van der Waals surface area (Å²) in [5, 5.41) is 15.7. The van der Waals surface area contributed by atoms with Crippen LogP contribution in [-0.4, -0.2) is 15.8 Å². The fourth-order valence-corrected chi connectivity index (χ4v) is 4.35. The number of hydrazone groups is 1. The average Bonchev–Trinajstić information content (AvgIpc) is 3.36. The van der Waals surface area contributed by atoms with Crippen molar-refractivity contribution in [3.63, 3.8) is 0 Å². The van der Waals surface area contributed by atoms with Crippen LogP contribution in [0.5, 0.6) is 0 Å². The van der Waals surface area contributed by atoms with Crippen LogP contribution in [0.25, 0.3) is 21.1 Å². The second kappa shape index (κ2) is 7.82. The maximum absolute atomic E-state index is 9.40. The Morgan fingerprint density at radius 1 is 1.03 bits per heavy atom. The molecule has 3 aromatic carbocycles. The van der Waals surface area contributed by atoms with Gasteiger partial charge in [0.05, 0.1) is 28.1 Å². The monoisotopic (exact) mass is 407 g/mol. The van der Waals surface area contributed by atoms with Gasteiger partial charge in [0.15, 0.2) is 0 Å². The molecule has 0 spiro atoms. The number of nitriles is 1. The number of hydrogen-bond acceptors (Lipinski definition) is 5. The smallest absolute Gasteiger partial charge is 0.204 e. The van der Waals surface area contributed by atoms with E-state index < -0.39 is 0 Å². The highest BCUT2D eigenvalue weighted by Crippen LogP contribution is 2.26. The predicted molar refractivity (Wildman–Crippen MR) is 123 cm³/mol. The molecule has 0 saturated carbocycles. The summed E-state index contributed by atoms with van der Waals surface area (Å²) in [6, 6.07) is 26.2. The average molecular weight is 408 g/mol. The zero-order chi connectivity index (χ0) is 20.3. The number of rotatable bonds is 5. The maximum Gasteiger partial charge on any atom is 0.204 e. The molecular weight excluding hydrogens is 390 g/mol. The van der Waals surface area contributed by atoms with Gasteiger partial charge in [-0.2, -0.15) is 10.4 Å². The number of para-hydroxylation sites is 2. The van der Waals surface area contributed by atoms with E-state index >= 15 is 0 Å². The zero-order valence-corrected chi connectivity index (χ0v) is 16.8. The van der Waals surface area contributed by atoms with E-state index in [4.69, 9.17) is 0 Å². The molecule has 144 valence electrons. The molecular formula is C24H17N5S. The van der Waals surface area contributed by atoms with Crippen LogP contribution in [0.3, 0.4) is 0 Å². The molecule has 2 heterocycles. The number of fused-ring (bicyclic) bond motifs is 2. The Kier molecular flexibility index (Phi) is 4.72. The van der Waals surface area contributed by atoms with Gasteiger partial charge in [-0.15, -0.1) is 0 Å². The normalized spacial score (nSPS) is 11.3. The SMILES string of the molecule is N#Cc1ccccc1Cn1cc(C=NNc2nc3ccccc3s2)c2ccccc21. The lowest BCUT2D eigenvalue weighted by Crippen LogP contribution is -2.00. The van der Waals surface area contributed by atoms with E-state index in [1.165, 1.54) is 0 Å². The molecule has 5 aromatic rings. The Morgan fingerprint density at radius 3 is 2.73 bits per heavy atom. The summed E-state index contributed by atoms with van der Waals surface area (Å²) in [5.74, 6) is 0. The second-order valence-corrected chi connectivity index (χ2v) is 7.89. The van der Waals surface area contributed by atoms with Crippen molar-refractivity contribution in [2.45, 2.75) is 6.54 Å². The lowest BCUT2D eigenvalue weighted by molar-refractivity contribution is 0.834. The first-order valence-corrected chi connectivity index (χ1v) is 10.3. The van der Waals surface area contributed by atoms with Crippen LogP contribution in [0.2, 0.25) is 0 Å². The van der Waals surface area contributed by atoms with Crippen molar-refractivity contribution in [2.24, 2.45) is 5.10 Å². The number of nitrogens with one attached hydrogen (secondary N) is 1. The lowest BCUT2D eigenvalue weighted by Gasteiger charge is -2.07. The molecule has 2 aromatic heterocycles. The molecule has 0 radical (unpaired) electrons. The minimum atomic E-state index is 0.628. The van der Waals surface area contributed by atoms with Crippen LogP contribution in [0.15, 0.2) is 84.1 Å². The molecule has 0 bridgehead atoms. The molecule has 6 heteroatoms. The van der Waals surface area contributed by atoms with E-state index in [-0.39, 0.29) is 0 Å². The van der Waals surface area contributed by atoms with E-state index in [0.717, 1.165) is 37.4 Å². The van der Waals surface area contributed by atoms with Crippen LogP contribution in [0, 0.1) is 11.3 Å². The number of anilines is 1. The van der Waals surface area contributed by atoms with Crippen molar-refractivity contribution in [1.29, 1.82) is 5.26 Å². The molecule has 5 rings (SSSR count). The third kappa shape index (κ3) is 3.43. The Hall–Kier alpha value is -3.95. The number of hydrogen-bond donors (Lipinski definition) is 1. The molecule has 0 saturated heterocycles. The number of thiazole rings is 1. The summed E-state index contributed by atoms with van der Waals surface area (Å²) in [4.78, 5) is 4.54. The minimum absolute atomic E-state index is 0.628. The Morgan fingerprint density at radius 2 is 1.83 bits per heavy atom. The van der Waals surface area contributed by atoms with Crippen molar-refractivity contribution in [3.05, 3.63) is 95.7 Å². The van der Waals surface area contributed by atoms with Gasteiger partial charge in [0, 0.05) is 29.2 Å². The van der Waals surface area contributed by atoms with Gasteiger partial charge in [-0.05, 0) is 29.8 Å². The minimum Gasteiger partial charge on any atom is -0.342 e.